The fourth-order valence-electron chi connectivity index (χ4n) is 3.52. The lowest BCUT2D eigenvalue weighted by molar-refractivity contribution is 0.0952. The van der Waals surface area contributed by atoms with Crippen LogP contribution < -0.4 is 15.6 Å². The number of nitrogens with one attached hydrogen (secondary N) is 1. The molecule has 0 aliphatic rings. The van der Waals surface area contributed by atoms with Gasteiger partial charge in [0.05, 0.1) is 24.4 Å². The summed E-state index contributed by atoms with van der Waals surface area (Å²) in [6, 6.07) is 16.2. The van der Waals surface area contributed by atoms with E-state index in [1.165, 1.54) is 16.2 Å². The summed E-state index contributed by atoms with van der Waals surface area (Å²) in [7, 11) is 1.59. The van der Waals surface area contributed by atoms with E-state index in [2.05, 4.69) is 29.5 Å². The smallest absolute Gasteiger partial charge is 0.255 e. The van der Waals surface area contributed by atoms with E-state index in [1.807, 2.05) is 16.9 Å². The second-order valence-electron chi connectivity index (χ2n) is 7.31. The maximum Gasteiger partial charge on any atom is 0.255 e. The fourth-order valence-corrected chi connectivity index (χ4v) is 3.52. The minimum atomic E-state index is -0.219. The molecule has 2 heterocycles. The average Bonchev–Trinajstić information content (AvgIpc) is 3.21. The summed E-state index contributed by atoms with van der Waals surface area (Å²) in [6.45, 7) is 3.28. The Kier molecular flexibility index (Phi) is 5.84. The molecule has 31 heavy (non-hydrogen) atoms. The van der Waals surface area contributed by atoms with Gasteiger partial charge in [-0.05, 0) is 55.3 Å². The zero-order chi connectivity index (χ0) is 21.8. The number of amides is 1. The predicted octanol–water partition coefficient (Wildman–Crippen LogP) is 3.32. The summed E-state index contributed by atoms with van der Waals surface area (Å²) < 4.78 is 8.56. The van der Waals surface area contributed by atoms with Crippen molar-refractivity contribution in [1.82, 2.24) is 19.7 Å². The second kappa shape index (κ2) is 8.87. The minimum absolute atomic E-state index is 0.206. The standard InChI is InChI=1S/C24H24N4O3/c1-17-5-3-6-22-21(17)15-26-28(22)14-4-13-25-24(30)18-7-12-23(29)27(16-18)19-8-10-20(31-2)11-9-19/h3,5-12,15-16H,4,13-14H2,1-2H3,(H,25,30). The topological polar surface area (TPSA) is 78.2 Å². The zero-order valence-corrected chi connectivity index (χ0v) is 17.5. The van der Waals surface area contributed by atoms with Gasteiger partial charge in [-0.2, -0.15) is 5.10 Å². The summed E-state index contributed by atoms with van der Waals surface area (Å²) in [5, 5.41) is 8.52. The van der Waals surface area contributed by atoms with Crippen molar-refractivity contribution < 1.29 is 9.53 Å². The highest BCUT2D eigenvalue weighted by atomic mass is 16.5. The predicted molar refractivity (Wildman–Crippen MR) is 120 cm³/mol. The Bertz CT molecular complexity index is 1270. The van der Waals surface area contributed by atoms with Gasteiger partial charge in [0.15, 0.2) is 0 Å². The van der Waals surface area contributed by atoms with E-state index in [9.17, 15) is 9.59 Å². The van der Waals surface area contributed by atoms with E-state index in [0.717, 1.165) is 17.3 Å². The van der Waals surface area contributed by atoms with Gasteiger partial charge in [0, 0.05) is 36.4 Å². The van der Waals surface area contributed by atoms with Gasteiger partial charge in [0.1, 0.15) is 5.75 Å². The van der Waals surface area contributed by atoms with Gasteiger partial charge in [-0.3, -0.25) is 18.8 Å². The number of rotatable bonds is 7. The van der Waals surface area contributed by atoms with Crippen LogP contribution in [-0.4, -0.2) is 33.9 Å². The average molecular weight is 416 g/mol. The number of hydrogen-bond donors (Lipinski definition) is 1. The Morgan fingerprint density at radius 2 is 1.90 bits per heavy atom. The van der Waals surface area contributed by atoms with Crippen LogP contribution in [0.5, 0.6) is 5.75 Å². The number of methoxy groups -OCH3 is 1. The molecular weight excluding hydrogens is 392 g/mol. The molecule has 0 unspecified atom stereocenters. The van der Waals surface area contributed by atoms with Gasteiger partial charge in [0.25, 0.3) is 11.5 Å². The van der Waals surface area contributed by atoms with Gasteiger partial charge < -0.3 is 10.1 Å². The van der Waals surface area contributed by atoms with Crippen molar-refractivity contribution in [2.45, 2.75) is 19.9 Å². The van der Waals surface area contributed by atoms with E-state index in [4.69, 9.17) is 4.74 Å². The molecule has 1 N–H and O–H groups in total. The molecule has 0 aliphatic heterocycles. The first-order valence-corrected chi connectivity index (χ1v) is 10.1. The quantitative estimate of drug-likeness (QED) is 0.469. The summed E-state index contributed by atoms with van der Waals surface area (Å²) in [6.07, 6.45) is 4.18. The van der Waals surface area contributed by atoms with Gasteiger partial charge in [-0.25, -0.2) is 0 Å². The van der Waals surface area contributed by atoms with Gasteiger partial charge in [0.2, 0.25) is 0 Å². The lowest BCUT2D eigenvalue weighted by Crippen LogP contribution is -2.27. The first kappa shape index (κ1) is 20.4. The van der Waals surface area contributed by atoms with Crippen LogP contribution in [0.25, 0.3) is 16.6 Å². The minimum Gasteiger partial charge on any atom is -0.497 e. The highest BCUT2D eigenvalue weighted by molar-refractivity contribution is 5.93. The number of ether oxygens (including phenoxy) is 1. The van der Waals surface area contributed by atoms with Crippen LogP contribution in [0.1, 0.15) is 22.3 Å². The molecule has 0 aliphatic carbocycles. The summed E-state index contributed by atoms with van der Waals surface area (Å²) in [4.78, 5) is 24.9. The normalized spacial score (nSPS) is 10.9. The maximum absolute atomic E-state index is 12.6. The lowest BCUT2D eigenvalue weighted by Gasteiger charge is -2.10. The molecule has 2 aromatic heterocycles. The highest BCUT2D eigenvalue weighted by Gasteiger charge is 2.09. The second-order valence-corrected chi connectivity index (χ2v) is 7.31. The molecule has 0 atom stereocenters. The summed E-state index contributed by atoms with van der Waals surface area (Å²) in [5.41, 5.74) is 3.18. The monoisotopic (exact) mass is 416 g/mol. The lowest BCUT2D eigenvalue weighted by atomic mass is 10.1. The Labute approximate surface area is 179 Å². The number of nitrogens with zero attached hydrogens (tertiary/aromatic N) is 3. The van der Waals surface area contributed by atoms with Crippen LogP contribution in [-0.2, 0) is 6.54 Å². The van der Waals surface area contributed by atoms with Crippen molar-refractivity contribution in [2.75, 3.05) is 13.7 Å². The van der Waals surface area contributed by atoms with Crippen molar-refractivity contribution >= 4 is 16.8 Å². The van der Waals surface area contributed by atoms with Crippen molar-refractivity contribution in [3.8, 4) is 11.4 Å². The zero-order valence-electron chi connectivity index (χ0n) is 17.5. The van der Waals surface area contributed by atoms with Crippen molar-refractivity contribution in [3.63, 3.8) is 0 Å². The Hall–Kier alpha value is -3.87. The molecule has 7 heteroatoms. The summed E-state index contributed by atoms with van der Waals surface area (Å²) in [5.74, 6) is 0.481. The Balaban J connectivity index is 1.39. The van der Waals surface area contributed by atoms with E-state index in [1.54, 1.807) is 43.6 Å². The number of carbonyl (C=O) groups excluding carboxylic acids is 1. The number of hydrogen-bond acceptors (Lipinski definition) is 4. The van der Waals surface area contributed by atoms with Crippen molar-refractivity contribution in [1.29, 1.82) is 0 Å². The number of fused-ring (bicyclic) bond motifs is 1. The van der Waals surface area contributed by atoms with Crippen LogP contribution in [0.4, 0.5) is 0 Å². The molecule has 0 fully saturated rings. The molecule has 4 rings (SSSR count). The van der Waals surface area contributed by atoms with E-state index in [-0.39, 0.29) is 11.5 Å². The van der Waals surface area contributed by atoms with Gasteiger partial charge in [-0.15, -0.1) is 0 Å². The first-order valence-electron chi connectivity index (χ1n) is 10.1. The summed E-state index contributed by atoms with van der Waals surface area (Å²) >= 11 is 0. The van der Waals surface area contributed by atoms with Crippen molar-refractivity contribution in [3.05, 3.63) is 88.5 Å². The van der Waals surface area contributed by atoms with Crippen LogP contribution in [0.3, 0.4) is 0 Å². The Morgan fingerprint density at radius 3 is 2.68 bits per heavy atom. The number of benzene rings is 2. The molecule has 7 nitrogen and oxygen atoms in total. The van der Waals surface area contributed by atoms with E-state index >= 15 is 0 Å². The molecule has 0 saturated heterocycles. The largest absolute Gasteiger partial charge is 0.497 e. The number of carbonyl (C=O) groups is 1. The van der Waals surface area contributed by atoms with E-state index < -0.39 is 0 Å². The van der Waals surface area contributed by atoms with Crippen LogP contribution >= 0.6 is 0 Å². The third kappa shape index (κ3) is 4.35. The molecule has 0 radical (unpaired) electrons. The molecule has 4 aromatic rings. The number of aryl methyl sites for hydroxylation is 2. The van der Waals surface area contributed by atoms with Gasteiger partial charge >= 0.3 is 0 Å². The van der Waals surface area contributed by atoms with E-state index in [0.29, 0.717) is 30.1 Å². The molecule has 0 saturated carbocycles. The van der Waals surface area contributed by atoms with Crippen LogP contribution in [0, 0.1) is 6.92 Å². The maximum atomic E-state index is 12.6. The Morgan fingerprint density at radius 1 is 1.10 bits per heavy atom. The number of aromatic nitrogens is 3. The van der Waals surface area contributed by atoms with Crippen LogP contribution in [0.15, 0.2) is 71.8 Å². The molecule has 2 aromatic carbocycles. The fraction of sp³-hybridized carbons (Fsp3) is 0.208. The van der Waals surface area contributed by atoms with Gasteiger partial charge in [-0.1, -0.05) is 12.1 Å². The molecular formula is C24H24N4O3. The molecule has 158 valence electrons. The highest BCUT2D eigenvalue weighted by Crippen LogP contribution is 2.18. The number of pyridine rings is 1. The molecule has 1 amide bonds. The third-order valence-electron chi connectivity index (χ3n) is 5.26. The SMILES string of the molecule is COc1ccc(-n2cc(C(=O)NCCCn3ncc4c(C)cccc43)ccc2=O)cc1. The molecule has 0 bridgehead atoms. The third-order valence-corrected chi connectivity index (χ3v) is 5.26. The molecule has 0 spiro atoms. The first-order chi connectivity index (χ1) is 15.1. The van der Waals surface area contributed by atoms with Crippen molar-refractivity contribution in [2.24, 2.45) is 0 Å². The van der Waals surface area contributed by atoms with Crippen LogP contribution in [0.2, 0.25) is 0 Å².